The van der Waals surface area contributed by atoms with Gasteiger partial charge in [0.2, 0.25) is 0 Å². The predicted octanol–water partition coefficient (Wildman–Crippen LogP) is 2.38. The predicted molar refractivity (Wildman–Crippen MR) is 76.3 cm³/mol. The van der Waals surface area contributed by atoms with Crippen LogP contribution in [0.15, 0.2) is 29.2 Å². The molecule has 0 radical (unpaired) electrons. The molecule has 0 amide bonds. The molecule has 2 rings (SSSR count). The van der Waals surface area contributed by atoms with E-state index in [0.717, 1.165) is 18.4 Å². The number of carboxylic acids is 1. The van der Waals surface area contributed by atoms with Crippen molar-refractivity contribution in [2.75, 3.05) is 5.75 Å². The first kappa shape index (κ1) is 15.0. The number of carboxylic acid groups (broad SMARTS) is 1. The number of rotatable bonds is 6. The van der Waals surface area contributed by atoms with Gasteiger partial charge >= 0.3 is 5.97 Å². The van der Waals surface area contributed by atoms with Gasteiger partial charge < -0.3 is 5.11 Å². The Morgan fingerprint density at radius 3 is 2.40 bits per heavy atom. The Balaban J connectivity index is 2.00. The SMILES string of the molecule is CCS(=O)(=O)c1ccc(CC(C)C2CC2C(=O)O)cc1. The number of carbonyl (C=O) groups is 1. The van der Waals surface area contributed by atoms with Gasteiger partial charge in [0.15, 0.2) is 9.84 Å². The monoisotopic (exact) mass is 296 g/mol. The third-order valence-electron chi connectivity index (χ3n) is 4.11. The molecule has 20 heavy (non-hydrogen) atoms. The lowest BCUT2D eigenvalue weighted by molar-refractivity contribution is -0.139. The Labute approximate surface area is 119 Å². The summed E-state index contributed by atoms with van der Waals surface area (Å²) in [7, 11) is -3.15. The van der Waals surface area contributed by atoms with Crippen molar-refractivity contribution in [2.24, 2.45) is 17.8 Å². The zero-order valence-corrected chi connectivity index (χ0v) is 12.6. The van der Waals surface area contributed by atoms with Gasteiger partial charge in [0, 0.05) is 0 Å². The Morgan fingerprint density at radius 1 is 1.35 bits per heavy atom. The van der Waals surface area contributed by atoms with Crippen molar-refractivity contribution in [1.82, 2.24) is 0 Å². The van der Waals surface area contributed by atoms with Gasteiger partial charge in [-0.1, -0.05) is 26.0 Å². The average molecular weight is 296 g/mol. The van der Waals surface area contributed by atoms with E-state index in [1.54, 1.807) is 19.1 Å². The Bertz CT molecular complexity index is 589. The fourth-order valence-corrected chi connectivity index (χ4v) is 3.53. The second kappa shape index (κ2) is 5.56. The number of benzene rings is 1. The van der Waals surface area contributed by atoms with E-state index in [1.165, 1.54) is 0 Å². The molecule has 1 fully saturated rings. The summed E-state index contributed by atoms with van der Waals surface area (Å²) in [6.45, 7) is 3.69. The summed E-state index contributed by atoms with van der Waals surface area (Å²) in [5.41, 5.74) is 1.06. The highest BCUT2D eigenvalue weighted by atomic mass is 32.2. The summed E-state index contributed by atoms with van der Waals surface area (Å²) >= 11 is 0. The molecule has 1 aliphatic carbocycles. The lowest BCUT2D eigenvalue weighted by Gasteiger charge is -2.11. The minimum atomic E-state index is -3.15. The first-order valence-electron chi connectivity index (χ1n) is 6.89. The highest BCUT2D eigenvalue weighted by Crippen LogP contribution is 2.45. The molecule has 110 valence electrons. The first-order valence-corrected chi connectivity index (χ1v) is 8.55. The van der Waals surface area contributed by atoms with Gasteiger partial charge in [0.05, 0.1) is 16.6 Å². The van der Waals surface area contributed by atoms with E-state index in [1.807, 2.05) is 12.1 Å². The molecule has 0 bridgehead atoms. The molecule has 5 heteroatoms. The fourth-order valence-electron chi connectivity index (χ4n) is 2.65. The molecule has 1 aromatic rings. The van der Waals surface area contributed by atoms with Gasteiger partial charge in [0.25, 0.3) is 0 Å². The smallest absolute Gasteiger partial charge is 0.306 e. The summed E-state index contributed by atoms with van der Waals surface area (Å²) < 4.78 is 23.4. The first-order chi connectivity index (χ1) is 9.35. The van der Waals surface area contributed by atoms with Crippen molar-refractivity contribution >= 4 is 15.8 Å². The van der Waals surface area contributed by atoms with Crippen LogP contribution in [0.4, 0.5) is 0 Å². The molecule has 3 unspecified atom stereocenters. The quantitative estimate of drug-likeness (QED) is 0.875. The molecule has 3 atom stereocenters. The molecule has 4 nitrogen and oxygen atoms in total. The fraction of sp³-hybridized carbons (Fsp3) is 0.533. The van der Waals surface area contributed by atoms with Gasteiger partial charge in [-0.2, -0.15) is 0 Å². The van der Waals surface area contributed by atoms with Gasteiger partial charge in [-0.25, -0.2) is 8.42 Å². The standard InChI is InChI=1S/C15H20O4S/c1-3-20(18,19)12-6-4-11(5-7-12)8-10(2)13-9-14(13)15(16)17/h4-7,10,13-14H,3,8-9H2,1-2H3,(H,16,17). The highest BCUT2D eigenvalue weighted by molar-refractivity contribution is 7.91. The lowest BCUT2D eigenvalue weighted by atomic mass is 9.95. The zero-order valence-electron chi connectivity index (χ0n) is 11.7. The maximum Gasteiger partial charge on any atom is 0.306 e. The molecule has 0 aliphatic heterocycles. The molecule has 1 saturated carbocycles. The number of sulfone groups is 1. The van der Waals surface area contributed by atoms with E-state index in [0.29, 0.717) is 10.8 Å². The third-order valence-corrected chi connectivity index (χ3v) is 5.86. The van der Waals surface area contributed by atoms with Crippen LogP contribution in [0.1, 0.15) is 25.8 Å². The minimum Gasteiger partial charge on any atom is -0.481 e. The molecular formula is C15H20O4S. The van der Waals surface area contributed by atoms with Crippen molar-refractivity contribution in [3.63, 3.8) is 0 Å². The van der Waals surface area contributed by atoms with E-state index in [9.17, 15) is 13.2 Å². The van der Waals surface area contributed by atoms with Crippen molar-refractivity contribution in [2.45, 2.75) is 31.6 Å². The molecule has 1 N–H and O–H groups in total. The van der Waals surface area contributed by atoms with Crippen molar-refractivity contribution in [1.29, 1.82) is 0 Å². The minimum absolute atomic E-state index is 0.102. The molecule has 0 saturated heterocycles. The molecule has 0 heterocycles. The largest absolute Gasteiger partial charge is 0.481 e. The highest BCUT2D eigenvalue weighted by Gasteiger charge is 2.45. The topological polar surface area (TPSA) is 71.4 Å². The van der Waals surface area contributed by atoms with Crippen molar-refractivity contribution < 1.29 is 18.3 Å². The average Bonchev–Trinajstić information content (AvgIpc) is 3.20. The summed E-state index contributed by atoms with van der Waals surface area (Å²) in [5.74, 6) is -0.224. The second-order valence-corrected chi connectivity index (χ2v) is 7.85. The summed E-state index contributed by atoms with van der Waals surface area (Å²) in [6, 6.07) is 6.94. The van der Waals surface area contributed by atoms with Crippen molar-refractivity contribution in [3.05, 3.63) is 29.8 Å². The summed E-state index contributed by atoms with van der Waals surface area (Å²) in [6.07, 6.45) is 1.56. The lowest BCUT2D eigenvalue weighted by Crippen LogP contribution is -2.08. The van der Waals surface area contributed by atoms with Crippen LogP contribution in [0.3, 0.4) is 0 Å². The van der Waals surface area contributed by atoms with Crippen LogP contribution in [0.5, 0.6) is 0 Å². The zero-order chi connectivity index (χ0) is 14.9. The van der Waals surface area contributed by atoms with Crippen LogP contribution in [-0.2, 0) is 21.1 Å². The number of aliphatic carboxylic acids is 1. The summed E-state index contributed by atoms with van der Waals surface area (Å²) in [5, 5.41) is 8.93. The van der Waals surface area contributed by atoms with Crippen LogP contribution >= 0.6 is 0 Å². The van der Waals surface area contributed by atoms with E-state index in [2.05, 4.69) is 6.92 Å². The van der Waals surface area contributed by atoms with E-state index < -0.39 is 15.8 Å². The third kappa shape index (κ3) is 3.20. The Morgan fingerprint density at radius 2 is 1.95 bits per heavy atom. The Kier molecular flexibility index (Phi) is 4.18. The van der Waals surface area contributed by atoms with Crippen LogP contribution in [0.2, 0.25) is 0 Å². The maximum absolute atomic E-state index is 11.7. The van der Waals surface area contributed by atoms with Gasteiger partial charge in [-0.3, -0.25) is 4.79 Å². The van der Waals surface area contributed by atoms with E-state index in [4.69, 9.17) is 5.11 Å². The molecule has 0 aromatic heterocycles. The van der Waals surface area contributed by atoms with Gasteiger partial charge in [-0.05, 0) is 42.4 Å². The van der Waals surface area contributed by atoms with Gasteiger partial charge in [-0.15, -0.1) is 0 Å². The molecule has 1 aliphatic rings. The van der Waals surface area contributed by atoms with E-state index in [-0.39, 0.29) is 17.6 Å². The summed E-state index contributed by atoms with van der Waals surface area (Å²) in [4.78, 5) is 11.2. The molecule has 1 aromatic carbocycles. The second-order valence-electron chi connectivity index (χ2n) is 5.57. The van der Waals surface area contributed by atoms with E-state index >= 15 is 0 Å². The van der Waals surface area contributed by atoms with Crippen molar-refractivity contribution in [3.8, 4) is 0 Å². The maximum atomic E-state index is 11.7. The normalized spacial score (nSPS) is 23.3. The number of hydrogen-bond donors (Lipinski definition) is 1. The molecule has 0 spiro atoms. The van der Waals surface area contributed by atoms with Crippen LogP contribution in [-0.4, -0.2) is 25.2 Å². The Hall–Kier alpha value is -1.36. The van der Waals surface area contributed by atoms with Crippen LogP contribution in [0, 0.1) is 17.8 Å². The number of hydrogen-bond acceptors (Lipinski definition) is 3. The van der Waals surface area contributed by atoms with Crippen LogP contribution in [0.25, 0.3) is 0 Å². The van der Waals surface area contributed by atoms with Crippen LogP contribution < -0.4 is 0 Å². The molecular weight excluding hydrogens is 276 g/mol. The van der Waals surface area contributed by atoms with Gasteiger partial charge in [0.1, 0.15) is 0 Å².